The standard InChI is InChI=1S/C19H20N2O3/c1-2-3-13-24-17-11-9-15(10-12-17)20-14-18(22)21(19(20)23)16-7-5-4-6-8-16/h4-12H,2-3,13-14H2,1H3. The lowest BCUT2D eigenvalue weighted by molar-refractivity contribution is -0.115. The van der Waals surface area contributed by atoms with Gasteiger partial charge in [-0.25, -0.2) is 9.69 Å². The smallest absolute Gasteiger partial charge is 0.336 e. The van der Waals surface area contributed by atoms with Crippen molar-refractivity contribution in [3.05, 3.63) is 54.6 Å². The molecular weight excluding hydrogens is 304 g/mol. The van der Waals surface area contributed by atoms with Gasteiger partial charge in [-0.1, -0.05) is 31.5 Å². The number of hydrogen-bond donors (Lipinski definition) is 0. The molecule has 3 amide bonds. The van der Waals surface area contributed by atoms with Crippen molar-refractivity contribution in [1.82, 2.24) is 0 Å². The molecular formula is C19H20N2O3. The van der Waals surface area contributed by atoms with E-state index in [1.165, 1.54) is 9.80 Å². The molecule has 0 atom stereocenters. The zero-order valence-electron chi connectivity index (χ0n) is 13.6. The quantitative estimate of drug-likeness (QED) is 0.599. The van der Waals surface area contributed by atoms with Gasteiger partial charge in [-0.2, -0.15) is 0 Å². The van der Waals surface area contributed by atoms with Crippen molar-refractivity contribution >= 4 is 23.3 Å². The molecule has 0 saturated carbocycles. The Morgan fingerprint density at radius 1 is 0.958 bits per heavy atom. The van der Waals surface area contributed by atoms with Crippen LogP contribution in [-0.2, 0) is 4.79 Å². The second-order valence-corrected chi connectivity index (χ2v) is 5.63. The molecule has 1 saturated heterocycles. The predicted octanol–water partition coefficient (Wildman–Crippen LogP) is 3.84. The summed E-state index contributed by atoms with van der Waals surface area (Å²) in [7, 11) is 0. The monoisotopic (exact) mass is 324 g/mol. The second-order valence-electron chi connectivity index (χ2n) is 5.63. The average Bonchev–Trinajstić information content (AvgIpc) is 2.91. The van der Waals surface area contributed by atoms with Gasteiger partial charge in [-0.3, -0.25) is 9.69 Å². The number of para-hydroxylation sites is 1. The summed E-state index contributed by atoms with van der Waals surface area (Å²) >= 11 is 0. The number of benzene rings is 2. The van der Waals surface area contributed by atoms with Crippen LogP contribution in [0.1, 0.15) is 19.8 Å². The van der Waals surface area contributed by atoms with Crippen LogP contribution in [0.2, 0.25) is 0 Å². The van der Waals surface area contributed by atoms with E-state index < -0.39 is 0 Å². The SMILES string of the molecule is CCCCOc1ccc(N2CC(=O)N(c3ccccc3)C2=O)cc1. The fourth-order valence-corrected chi connectivity index (χ4v) is 2.59. The first-order valence-electron chi connectivity index (χ1n) is 8.13. The summed E-state index contributed by atoms with van der Waals surface area (Å²) in [6.45, 7) is 2.84. The van der Waals surface area contributed by atoms with E-state index in [9.17, 15) is 9.59 Å². The van der Waals surface area contributed by atoms with Crippen molar-refractivity contribution in [2.75, 3.05) is 23.0 Å². The second kappa shape index (κ2) is 7.17. The van der Waals surface area contributed by atoms with Crippen LogP contribution in [0.25, 0.3) is 0 Å². The maximum Gasteiger partial charge on any atom is 0.336 e. The topological polar surface area (TPSA) is 49.9 Å². The van der Waals surface area contributed by atoms with Gasteiger partial charge in [-0.15, -0.1) is 0 Å². The summed E-state index contributed by atoms with van der Waals surface area (Å²) < 4.78 is 5.62. The zero-order valence-corrected chi connectivity index (χ0v) is 13.6. The van der Waals surface area contributed by atoms with E-state index in [-0.39, 0.29) is 18.5 Å². The highest BCUT2D eigenvalue weighted by Crippen LogP contribution is 2.27. The Bertz CT molecular complexity index is 713. The molecule has 0 unspecified atom stereocenters. The molecule has 0 bridgehead atoms. The Kier molecular flexibility index (Phi) is 4.79. The van der Waals surface area contributed by atoms with Crippen molar-refractivity contribution in [1.29, 1.82) is 0 Å². The summed E-state index contributed by atoms with van der Waals surface area (Å²) in [5, 5.41) is 0. The van der Waals surface area contributed by atoms with Crippen LogP contribution in [0.3, 0.4) is 0 Å². The van der Waals surface area contributed by atoms with Crippen LogP contribution >= 0.6 is 0 Å². The molecule has 1 heterocycles. The van der Waals surface area contributed by atoms with Crippen molar-refractivity contribution in [2.45, 2.75) is 19.8 Å². The van der Waals surface area contributed by atoms with Crippen molar-refractivity contribution in [3.63, 3.8) is 0 Å². The number of ether oxygens (including phenoxy) is 1. The van der Waals surface area contributed by atoms with Gasteiger partial charge in [0.25, 0.3) is 5.91 Å². The highest BCUT2D eigenvalue weighted by molar-refractivity contribution is 6.26. The first-order chi connectivity index (χ1) is 11.7. The Balaban J connectivity index is 1.74. The van der Waals surface area contributed by atoms with Crippen molar-refractivity contribution in [3.8, 4) is 5.75 Å². The molecule has 0 radical (unpaired) electrons. The van der Waals surface area contributed by atoms with Gasteiger partial charge in [-0.05, 0) is 42.8 Å². The van der Waals surface area contributed by atoms with Crippen LogP contribution in [0.15, 0.2) is 54.6 Å². The normalized spacial score (nSPS) is 14.4. The summed E-state index contributed by atoms with van der Waals surface area (Å²) in [6, 6.07) is 15.9. The first-order valence-corrected chi connectivity index (χ1v) is 8.13. The summed E-state index contributed by atoms with van der Waals surface area (Å²) in [6.07, 6.45) is 2.09. The summed E-state index contributed by atoms with van der Waals surface area (Å²) in [4.78, 5) is 27.6. The Labute approximate surface area is 141 Å². The third-order valence-electron chi connectivity index (χ3n) is 3.89. The van der Waals surface area contributed by atoms with Crippen LogP contribution in [0.5, 0.6) is 5.75 Å². The number of unbranched alkanes of at least 4 members (excludes halogenated alkanes) is 1. The number of imide groups is 1. The maximum absolute atomic E-state index is 12.6. The molecule has 3 rings (SSSR count). The van der Waals surface area contributed by atoms with Crippen LogP contribution in [0.4, 0.5) is 16.2 Å². The number of anilines is 2. The number of rotatable bonds is 6. The Morgan fingerprint density at radius 3 is 2.33 bits per heavy atom. The van der Waals surface area contributed by atoms with Gasteiger partial charge in [0.2, 0.25) is 0 Å². The molecule has 0 N–H and O–H groups in total. The lowest BCUT2D eigenvalue weighted by Gasteiger charge is -2.17. The molecule has 1 aliphatic rings. The van der Waals surface area contributed by atoms with Crippen molar-refractivity contribution < 1.29 is 14.3 Å². The van der Waals surface area contributed by atoms with Crippen molar-refractivity contribution in [2.24, 2.45) is 0 Å². The van der Waals surface area contributed by atoms with E-state index >= 15 is 0 Å². The first kappa shape index (κ1) is 16.1. The summed E-state index contributed by atoms with van der Waals surface area (Å²) in [5.41, 5.74) is 1.28. The molecule has 24 heavy (non-hydrogen) atoms. The summed E-state index contributed by atoms with van der Waals surface area (Å²) in [5.74, 6) is 0.541. The third-order valence-corrected chi connectivity index (χ3v) is 3.89. The molecule has 0 aliphatic carbocycles. The number of carbonyl (C=O) groups is 2. The number of urea groups is 1. The highest BCUT2D eigenvalue weighted by atomic mass is 16.5. The molecule has 0 aromatic heterocycles. The minimum absolute atomic E-state index is 0.0454. The van der Waals surface area contributed by atoms with Gasteiger partial charge in [0.15, 0.2) is 0 Å². The minimum Gasteiger partial charge on any atom is -0.494 e. The highest BCUT2D eigenvalue weighted by Gasteiger charge is 2.37. The van der Waals surface area contributed by atoms with E-state index in [2.05, 4.69) is 6.92 Å². The van der Waals surface area contributed by atoms with E-state index in [1.807, 2.05) is 18.2 Å². The zero-order chi connectivity index (χ0) is 16.9. The van der Waals surface area contributed by atoms with Crippen LogP contribution in [-0.4, -0.2) is 25.1 Å². The van der Waals surface area contributed by atoms with E-state index in [0.717, 1.165) is 18.6 Å². The molecule has 1 fully saturated rings. The fourth-order valence-electron chi connectivity index (χ4n) is 2.59. The van der Waals surface area contributed by atoms with Gasteiger partial charge < -0.3 is 4.74 Å². The Morgan fingerprint density at radius 2 is 1.67 bits per heavy atom. The maximum atomic E-state index is 12.6. The number of hydrogen-bond acceptors (Lipinski definition) is 3. The van der Waals surface area contributed by atoms with E-state index in [0.29, 0.717) is 18.0 Å². The number of nitrogens with zero attached hydrogens (tertiary/aromatic N) is 2. The Hall–Kier alpha value is -2.82. The molecule has 2 aromatic rings. The average molecular weight is 324 g/mol. The molecule has 1 aliphatic heterocycles. The lowest BCUT2D eigenvalue weighted by Crippen LogP contribution is -2.32. The van der Waals surface area contributed by atoms with E-state index in [4.69, 9.17) is 4.74 Å². The van der Waals surface area contributed by atoms with Gasteiger partial charge in [0.1, 0.15) is 12.3 Å². The van der Waals surface area contributed by atoms with Gasteiger partial charge >= 0.3 is 6.03 Å². The van der Waals surface area contributed by atoms with Crippen LogP contribution < -0.4 is 14.5 Å². The molecule has 0 spiro atoms. The molecule has 2 aromatic carbocycles. The van der Waals surface area contributed by atoms with E-state index in [1.54, 1.807) is 36.4 Å². The third kappa shape index (κ3) is 3.25. The molecule has 5 nitrogen and oxygen atoms in total. The number of amides is 3. The van der Waals surface area contributed by atoms with Crippen LogP contribution in [0, 0.1) is 0 Å². The molecule has 5 heteroatoms. The number of carbonyl (C=O) groups excluding carboxylic acids is 2. The van der Waals surface area contributed by atoms with Gasteiger partial charge in [0.05, 0.1) is 12.3 Å². The molecule has 124 valence electrons. The minimum atomic E-state index is -0.328. The van der Waals surface area contributed by atoms with Gasteiger partial charge in [0, 0.05) is 5.69 Å². The largest absolute Gasteiger partial charge is 0.494 e. The predicted molar refractivity (Wildman–Crippen MR) is 93.5 cm³/mol. The lowest BCUT2D eigenvalue weighted by atomic mass is 10.3. The fraction of sp³-hybridized carbons (Fsp3) is 0.263.